The van der Waals surface area contributed by atoms with E-state index in [4.69, 9.17) is 19.7 Å². The van der Waals surface area contributed by atoms with Gasteiger partial charge in [-0.05, 0) is 64.6 Å². The summed E-state index contributed by atoms with van der Waals surface area (Å²) in [4.78, 5) is 34.2. The van der Waals surface area contributed by atoms with Gasteiger partial charge in [0.2, 0.25) is 0 Å². The molecule has 154 valence electrons. The lowest BCUT2D eigenvalue weighted by Crippen LogP contribution is -2.14. The highest BCUT2D eigenvalue weighted by molar-refractivity contribution is 14.1. The van der Waals surface area contributed by atoms with Crippen LogP contribution in [0, 0.1) is 14.9 Å². The molecular formula is C20H15IN2O7. The van der Waals surface area contributed by atoms with Crippen molar-refractivity contribution < 1.29 is 34.1 Å². The molecule has 0 radical (unpaired) electrons. The summed E-state index contributed by atoms with van der Waals surface area (Å²) in [5, 5.41) is 29.7. The zero-order valence-corrected chi connectivity index (χ0v) is 17.7. The lowest BCUT2D eigenvalue weighted by atomic mass is 10.1. The molecule has 0 saturated carbocycles. The zero-order valence-electron chi connectivity index (χ0n) is 15.5. The zero-order chi connectivity index (χ0) is 22.3. The lowest BCUT2D eigenvalue weighted by molar-refractivity contribution is -0.139. The van der Waals surface area contributed by atoms with E-state index in [0.29, 0.717) is 9.13 Å². The van der Waals surface area contributed by atoms with Gasteiger partial charge in [-0.15, -0.1) is 0 Å². The van der Waals surface area contributed by atoms with E-state index < -0.39 is 24.5 Å². The van der Waals surface area contributed by atoms with Crippen molar-refractivity contribution in [2.75, 3.05) is 19.0 Å². The van der Waals surface area contributed by atoms with Crippen molar-refractivity contribution in [1.82, 2.24) is 0 Å². The molecule has 1 amide bonds. The number of carbonyl (C=O) groups is 3. The summed E-state index contributed by atoms with van der Waals surface area (Å²) in [7, 11) is 1.37. The molecule has 0 aliphatic heterocycles. The van der Waals surface area contributed by atoms with E-state index in [1.54, 1.807) is 12.1 Å². The first kappa shape index (κ1) is 22.7. The third kappa shape index (κ3) is 5.95. The Balaban J connectivity index is 2.30. The Kier molecular flexibility index (Phi) is 7.76. The Morgan fingerprint density at radius 3 is 2.57 bits per heavy atom. The molecule has 0 saturated heterocycles. The van der Waals surface area contributed by atoms with Crippen LogP contribution in [0.4, 0.5) is 5.69 Å². The van der Waals surface area contributed by atoms with E-state index in [1.165, 1.54) is 43.5 Å². The van der Waals surface area contributed by atoms with Gasteiger partial charge >= 0.3 is 11.9 Å². The number of halogens is 1. The number of nitriles is 1. The first-order valence-electron chi connectivity index (χ1n) is 8.23. The molecule has 10 heteroatoms. The maximum atomic E-state index is 12.4. The van der Waals surface area contributed by atoms with Crippen LogP contribution in [-0.2, 0) is 9.59 Å². The van der Waals surface area contributed by atoms with E-state index in [0.717, 1.165) is 0 Å². The number of carbonyl (C=O) groups excluding carboxylic acids is 1. The van der Waals surface area contributed by atoms with E-state index >= 15 is 0 Å². The third-order valence-corrected chi connectivity index (χ3v) is 4.44. The largest absolute Gasteiger partial charge is 0.493 e. The molecule has 2 aromatic carbocycles. The fourth-order valence-corrected chi connectivity index (χ4v) is 3.12. The number of benzene rings is 2. The predicted octanol–water partition coefficient (Wildman–Crippen LogP) is 3.01. The molecular weight excluding hydrogens is 507 g/mol. The van der Waals surface area contributed by atoms with Gasteiger partial charge in [0, 0.05) is 5.69 Å². The summed E-state index contributed by atoms with van der Waals surface area (Å²) in [5.41, 5.74) is 0.440. The van der Waals surface area contributed by atoms with Crippen molar-refractivity contribution in [3.63, 3.8) is 0 Å². The first-order chi connectivity index (χ1) is 14.2. The molecule has 0 aliphatic rings. The number of aromatic carboxylic acids is 1. The summed E-state index contributed by atoms with van der Waals surface area (Å²) >= 11 is 1.92. The highest BCUT2D eigenvalue weighted by Crippen LogP contribution is 2.34. The van der Waals surface area contributed by atoms with Crippen LogP contribution in [0.5, 0.6) is 11.5 Å². The Bertz CT molecular complexity index is 1070. The lowest BCUT2D eigenvalue weighted by Gasteiger charge is -2.12. The van der Waals surface area contributed by atoms with Crippen LogP contribution in [0.2, 0.25) is 0 Å². The molecule has 9 nitrogen and oxygen atoms in total. The number of carboxylic acids is 2. The number of anilines is 1. The van der Waals surface area contributed by atoms with Crippen molar-refractivity contribution in [2.45, 2.75) is 0 Å². The van der Waals surface area contributed by atoms with E-state index in [-0.39, 0.29) is 28.3 Å². The third-order valence-electron chi connectivity index (χ3n) is 3.64. The summed E-state index contributed by atoms with van der Waals surface area (Å²) < 4.78 is 11.0. The number of nitrogens with one attached hydrogen (secondary N) is 1. The minimum atomic E-state index is -1.15. The number of nitrogens with zero attached hydrogens (tertiary/aromatic N) is 1. The summed E-state index contributed by atoms with van der Waals surface area (Å²) in [5.74, 6) is -2.55. The van der Waals surface area contributed by atoms with Crippen molar-refractivity contribution in [3.8, 4) is 17.6 Å². The Morgan fingerprint density at radius 1 is 1.23 bits per heavy atom. The van der Waals surface area contributed by atoms with Gasteiger partial charge in [0.1, 0.15) is 11.6 Å². The van der Waals surface area contributed by atoms with Crippen LogP contribution in [0.1, 0.15) is 15.9 Å². The molecule has 0 bridgehead atoms. The molecule has 0 fully saturated rings. The second kappa shape index (κ2) is 10.3. The SMILES string of the molecule is COc1cc(/C=C(/C#N)C(=O)Nc2cccc(C(=O)O)c2)cc(I)c1OCC(=O)O. The molecule has 0 aromatic heterocycles. The fraction of sp³-hybridized carbons (Fsp3) is 0.100. The number of hydrogen-bond acceptors (Lipinski definition) is 6. The molecule has 0 heterocycles. The van der Waals surface area contributed by atoms with Gasteiger partial charge < -0.3 is 25.0 Å². The van der Waals surface area contributed by atoms with Crippen LogP contribution in [0.3, 0.4) is 0 Å². The van der Waals surface area contributed by atoms with Crippen LogP contribution < -0.4 is 14.8 Å². The van der Waals surface area contributed by atoms with Crippen LogP contribution in [0.15, 0.2) is 42.0 Å². The van der Waals surface area contributed by atoms with Gasteiger partial charge in [0.05, 0.1) is 16.2 Å². The number of aliphatic carboxylic acids is 1. The maximum Gasteiger partial charge on any atom is 0.341 e. The van der Waals surface area contributed by atoms with Gasteiger partial charge in [0.25, 0.3) is 5.91 Å². The smallest absolute Gasteiger partial charge is 0.341 e. The van der Waals surface area contributed by atoms with Crippen molar-refractivity contribution in [3.05, 3.63) is 56.7 Å². The van der Waals surface area contributed by atoms with E-state index in [2.05, 4.69) is 5.32 Å². The van der Waals surface area contributed by atoms with Gasteiger partial charge in [-0.1, -0.05) is 6.07 Å². The molecule has 0 unspecified atom stereocenters. The minimum Gasteiger partial charge on any atom is -0.493 e. The monoisotopic (exact) mass is 522 g/mol. The number of ether oxygens (including phenoxy) is 2. The molecule has 0 aliphatic carbocycles. The Labute approximate surface area is 184 Å². The van der Waals surface area contributed by atoms with Crippen LogP contribution >= 0.6 is 22.6 Å². The van der Waals surface area contributed by atoms with Gasteiger partial charge in [-0.3, -0.25) is 4.79 Å². The predicted molar refractivity (Wildman–Crippen MR) is 114 cm³/mol. The van der Waals surface area contributed by atoms with E-state index in [9.17, 15) is 19.6 Å². The van der Waals surface area contributed by atoms with Crippen molar-refractivity contribution >= 4 is 52.2 Å². The second-order valence-corrected chi connectivity index (χ2v) is 6.89. The van der Waals surface area contributed by atoms with Gasteiger partial charge in [-0.25, -0.2) is 9.59 Å². The Morgan fingerprint density at radius 2 is 1.97 bits per heavy atom. The molecule has 2 aromatic rings. The second-order valence-electron chi connectivity index (χ2n) is 5.73. The summed E-state index contributed by atoms with van der Waals surface area (Å²) in [6.45, 7) is -0.553. The van der Waals surface area contributed by atoms with Crippen LogP contribution in [0.25, 0.3) is 6.08 Å². The minimum absolute atomic E-state index is 0.00785. The highest BCUT2D eigenvalue weighted by Gasteiger charge is 2.15. The molecule has 2 rings (SSSR count). The van der Waals surface area contributed by atoms with Gasteiger partial charge in [0.15, 0.2) is 18.1 Å². The highest BCUT2D eigenvalue weighted by atomic mass is 127. The molecule has 0 atom stereocenters. The topological polar surface area (TPSA) is 146 Å². The average Bonchev–Trinajstić information content (AvgIpc) is 2.70. The quantitative estimate of drug-likeness (QED) is 0.273. The number of methoxy groups -OCH3 is 1. The van der Waals surface area contributed by atoms with Gasteiger partial charge in [-0.2, -0.15) is 5.26 Å². The number of rotatable bonds is 8. The summed E-state index contributed by atoms with van der Waals surface area (Å²) in [6, 6.07) is 10.5. The van der Waals surface area contributed by atoms with Crippen LogP contribution in [-0.4, -0.2) is 41.8 Å². The number of carboxylic acid groups (broad SMARTS) is 2. The number of hydrogen-bond donors (Lipinski definition) is 3. The maximum absolute atomic E-state index is 12.4. The Hall–Kier alpha value is -3.59. The molecule has 3 N–H and O–H groups in total. The average molecular weight is 522 g/mol. The normalized spacial score (nSPS) is 10.6. The van der Waals surface area contributed by atoms with Crippen molar-refractivity contribution in [1.29, 1.82) is 5.26 Å². The first-order valence-corrected chi connectivity index (χ1v) is 9.31. The van der Waals surface area contributed by atoms with Crippen molar-refractivity contribution in [2.24, 2.45) is 0 Å². The number of amides is 1. The van der Waals surface area contributed by atoms with E-state index in [1.807, 2.05) is 22.6 Å². The summed E-state index contributed by atoms with van der Waals surface area (Å²) in [6.07, 6.45) is 1.32. The molecule has 0 spiro atoms. The molecule has 30 heavy (non-hydrogen) atoms. The standard InChI is InChI=1S/C20H15IN2O7/c1-29-16-7-11(6-15(21)18(16)30-10-17(24)25)5-13(9-22)19(26)23-14-4-2-3-12(8-14)20(27)28/h2-8H,10H2,1H3,(H,23,26)(H,24,25)(H,27,28)/b13-5-. The fourth-order valence-electron chi connectivity index (χ4n) is 2.34.